The van der Waals surface area contributed by atoms with Gasteiger partial charge in [0.2, 0.25) is 0 Å². The summed E-state index contributed by atoms with van der Waals surface area (Å²) in [6.45, 7) is 2.12. The van der Waals surface area contributed by atoms with Gasteiger partial charge < -0.3 is 0 Å². The second-order valence-corrected chi connectivity index (χ2v) is 6.13. The molecule has 0 saturated carbocycles. The Morgan fingerprint density at radius 2 is 2.05 bits per heavy atom. The fourth-order valence-corrected chi connectivity index (χ4v) is 3.34. The number of aromatic amines is 3. The molecule has 3 heterocycles. The lowest BCUT2D eigenvalue weighted by atomic mass is 10.3. The van der Waals surface area contributed by atoms with Crippen LogP contribution in [0.2, 0.25) is 0 Å². The van der Waals surface area contributed by atoms with E-state index in [1.54, 1.807) is 11.8 Å². The van der Waals surface area contributed by atoms with Gasteiger partial charge >= 0.3 is 5.16 Å². The van der Waals surface area contributed by atoms with Gasteiger partial charge in [0, 0.05) is 5.56 Å². The van der Waals surface area contributed by atoms with Gasteiger partial charge in [0.05, 0.1) is 11.9 Å². The molecule has 3 N–H and O–H groups in total. The maximum Gasteiger partial charge on any atom is 0.314 e. The number of nitrogens with zero attached hydrogens (tertiary/aromatic N) is 1. The summed E-state index contributed by atoms with van der Waals surface area (Å²) in [7, 11) is 0. The van der Waals surface area contributed by atoms with Crippen molar-refractivity contribution in [2.45, 2.75) is 17.8 Å². The minimum absolute atomic E-state index is 0.893. The highest BCUT2D eigenvalue weighted by Crippen LogP contribution is 2.19. The molecule has 4 nitrogen and oxygen atoms in total. The summed E-state index contributed by atoms with van der Waals surface area (Å²) in [6, 6.07) is 12.4. The third-order valence-corrected chi connectivity index (χ3v) is 4.54. The highest BCUT2D eigenvalue weighted by molar-refractivity contribution is 7.98. The van der Waals surface area contributed by atoms with Crippen LogP contribution < -0.4 is 9.38 Å². The van der Waals surface area contributed by atoms with Crippen LogP contribution in [0, 0.1) is 6.92 Å². The summed E-state index contributed by atoms with van der Waals surface area (Å²) in [6.07, 6.45) is 4.22. The maximum absolute atomic E-state index is 3.48. The Hall–Kier alpha value is -2.27. The largest absolute Gasteiger partial charge is 0.314 e. The van der Waals surface area contributed by atoms with Crippen LogP contribution in [0.4, 0.5) is 0 Å². The minimum atomic E-state index is 0.893. The van der Waals surface area contributed by atoms with E-state index in [1.807, 2.05) is 12.1 Å². The number of benzene rings is 1. The second kappa shape index (κ2) is 4.93. The molecule has 0 aliphatic rings. The van der Waals surface area contributed by atoms with Gasteiger partial charge in [-0.25, -0.2) is 19.4 Å². The van der Waals surface area contributed by atoms with E-state index in [1.165, 1.54) is 11.3 Å². The number of imidazole rings is 2. The summed E-state index contributed by atoms with van der Waals surface area (Å²) in [5.74, 6) is 0.893. The first kappa shape index (κ1) is 12.5. The molecule has 0 fully saturated rings. The predicted octanol–water partition coefficient (Wildman–Crippen LogP) is 2.65. The van der Waals surface area contributed by atoms with Crippen LogP contribution in [0.3, 0.4) is 0 Å². The molecule has 4 aromatic rings. The second-order valence-electron chi connectivity index (χ2n) is 5.14. The van der Waals surface area contributed by atoms with Crippen molar-refractivity contribution in [2.24, 2.45) is 0 Å². The van der Waals surface area contributed by atoms with Crippen LogP contribution in [0.1, 0.15) is 11.3 Å². The molecule has 21 heavy (non-hydrogen) atoms. The molecule has 104 valence electrons. The van der Waals surface area contributed by atoms with Crippen LogP contribution in [0.5, 0.6) is 0 Å². The predicted molar refractivity (Wildman–Crippen MR) is 83.1 cm³/mol. The molecule has 0 radical (unpaired) electrons. The number of pyridine rings is 1. The van der Waals surface area contributed by atoms with Gasteiger partial charge in [-0.15, -0.1) is 0 Å². The normalized spacial score (nSPS) is 11.5. The lowest BCUT2D eigenvalue weighted by molar-refractivity contribution is -0.510. The van der Waals surface area contributed by atoms with E-state index >= 15 is 0 Å². The third kappa shape index (κ3) is 2.29. The van der Waals surface area contributed by atoms with Gasteiger partial charge in [-0.2, -0.15) is 0 Å². The smallest absolute Gasteiger partial charge is 0.240 e. The fraction of sp³-hybridized carbons (Fsp3) is 0.125. The van der Waals surface area contributed by atoms with Crippen molar-refractivity contribution in [2.75, 3.05) is 0 Å². The van der Waals surface area contributed by atoms with Crippen LogP contribution in [-0.2, 0) is 5.75 Å². The standard InChI is InChI=1S/C16H14N4S/c1-11-5-4-8-20-9-12(17-15(11)20)10-21-16-18-13-6-2-3-7-14(13)19-16/h2-9H,10H2,1H3,(H,18,19)/p+2. The number of aryl methyl sites for hydroxylation is 1. The monoisotopic (exact) mass is 296 g/mol. The van der Waals surface area contributed by atoms with Crippen molar-refractivity contribution in [1.29, 1.82) is 0 Å². The lowest BCUT2D eigenvalue weighted by Gasteiger charge is -1.87. The van der Waals surface area contributed by atoms with E-state index in [9.17, 15) is 0 Å². The zero-order valence-corrected chi connectivity index (χ0v) is 12.5. The van der Waals surface area contributed by atoms with Crippen molar-refractivity contribution in [3.05, 3.63) is 60.0 Å². The Morgan fingerprint density at radius 1 is 1.14 bits per heavy atom. The van der Waals surface area contributed by atoms with E-state index in [0.717, 1.165) is 27.6 Å². The summed E-state index contributed by atoms with van der Waals surface area (Å²) >= 11 is 1.76. The number of hydrogen-bond donors (Lipinski definition) is 2. The Balaban J connectivity index is 1.58. The molecule has 0 unspecified atom stereocenters. The molecule has 1 aromatic carbocycles. The van der Waals surface area contributed by atoms with Gasteiger partial charge in [-0.3, -0.25) is 0 Å². The van der Waals surface area contributed by atoms with Crippen LogP contribution in [0.15, 0.2) is 53.9 Å². The van der Waals surface area contributed by atoms with E-state index in [4.69, 9.17) is 0 Å². The van der Waals surface area contributed by atoms with Crippen molar-refractivity contribution in [3.8, 4) is 0 Å². The SMILES string of the molecule is Cc1ccc[n+]2cc(CSc3[nH]c4ccccc4[nH+]3)[nH]c12. The van der Waals surface area contributed by atoms with Crippen molar-refractivity contribution in [3.63, 3.8) is 0 Å². The fourth-order valence-electron chi connectivity index (χ4n) is 2.53. The number of para-hydroxylation sites is 2. The van der Waals surface area contributed by atoms with E-state index in [-0.39, 0.29) is 0 Å². The summed E-state index contributed by atoms with van der Waals surface area (Å²) in [5.41, 5.74) is 5.91. The van der Waals surface area contributed by atoms with Crippen molar-refractivity contribution < 1.29 is 9.38 Å². The zero-order valence-electron chi connectivity index (χ0n) is 11.7. The van der Waals surface area contributed by atoms with Crippen LogP contribution in [-0.4, -0.2) is 9.97 Å². The summed E-state index contributed by atoms with van der Waals surface area (Å²) < 4.78 is 2.14. The van der Waals surface area contributed by atoms with Gasteiger partial charge in [-0.05, 0) is 43.0 Å². The van der Waals surface area contributed by atoms with Crippen LogP contribution >= 0.6 is 11.8 Å². The van der Waals surface area contributed by atoms with Gasteiger partial charge in [0.1, 0.15) is 6.20 Å². The third-order valence-electron chi connectivity index (χ3n) is 3.59. The number of hydrogen-bond acceptors (Lipinski definition) is 1. The zero-order chi connectivity index (χ0) is 14.2. The summed E-state index contributed by atoms with van der Waals surface area (Å²) in [5, 5.41) is 1.08. The Bertz CT molecular complexity index is 889. The number of fused-ring (bicyclic) bond motifs is 2. The molecule has 0 aliphatic carbocycles. The van der Waals surface area contributed by atoms with E-state index < -0.39 is 0 Å². The molecule has 5 heteroatoms. The molecule has 0 atom stereocenters. The number of rotatable bonds is 3. The first-order valence-electron chi connectivity index (χ1n) is 6.91. The Morgan fingerprint density at radius 3 is 2.90 bits per heavy atom. The highest BCUT2D eigenvalue weighted by Gasteiger charge is 2.14. The molecule has 0 aliphatic heterocycles. The molecule has 0 amide bonds. The van der Waals surface area contributed by atoms with Gasteiger partial charge in [0.25, 0.3) is 5.65 Å². The van der Waals surface area contributed by atoms with E-state index in [2.05, 4.69) is 62.9 Å². The van der Waals surface area contributed by atoms with Gasteiger partial charge in [-0.1, -0.05) is 12.1 Å². The minimum Gasteiger partial charge on any atom is -0.240 e. The molecular weight excluding hydrogens is 280 g/mol. The molecule has 0 bridgehead atoms. The molecule has 0 spiro atoms. The topological polar surface area (TPSA) is 49.8 Å². The molecular formula is C16H16N4S+2. The average Bonchev–Trinajstić information content (AvgIpc) is 3.09. The van der Waals surface area contributed by atoms with Crippen LogP contribution in [0.25, 0.3) is 16.7 Å². The van der Waals surface area contributed by atoms with E-state index in [0.29, 0.717) is 0 Å². The highest BCUT2D eigenvalue weighted by atomic mass is 32.2. The molecule has 4 rings (SSSR count). The first-order chi connectivity index (χ1) is 10.3. The van der Waals surface area contributed by atoms with Gasteiger partial charge in [0.15, 0.2) is 16.7 Å². The Kier molecular flexibility index (Phi) is 2.93. The molecule has 0 saturated heterocycles. The van der Waals surface area contributed by atoms with Crippen molar-refractivity contribution >= 4 is 28.4 Å². The number of H-pyrrole nitrogens is 3. The quantitative estimate of drug-likeness (QED) is 0.443. The van der Waals surface area contributed by atoms with Crippen molar-refractivity contribution in [1.82, 2.24) is 9.97 Å². The number of aromatic nitrogens is 4. The average molecular weight is 296 g/mol. The Labute approximate surface area is 126 Å². The number of nitrogens with one attached hydrogen (secondary N) is 3. The number of thioether (sulfide) groups is 1. The first-order valence-corrected chi connectivity index (χ1v) is 7.89. The lowest BCUT2D eigenvalue weighted by Crippen LogP contribution is -2.17. The summed E-state index contributed by atoms with van der Waals surface area (Å²) in [4.78, 5) is 10.3. The molecule has 3 aromatic heterocycles. The maximum atomic E-state index is 3.48.